The first kappa shape index (κ1) is 16.0. The zero-order chi connectivity index (χ0) is 14.3. The van der Waals surface area contributed by atoms with Crippen molar-refractivity contribution in [3.05, 3.63) is 29.8 Å². The lowest BCUT2D eigenvalue weighted by Crippen LogP contribution is -2.39. The van der Waals surface area contributed by atoms with E-state index in [2.05, 4.69) is 17.9 Å². The summed E-state index contributed by atoms with van der Waals surface area (Å²) in [5.41, 5.74) is 0.629. The summed E-state index contributed by atoms with van der Waals surface area (Å²) in [4.78, 5) is 2.29. The Bertz CT molecular complexity index is 371. The monoisotopic (exact) mass is 265 g/mol. The standard InChI is InChI=1S/C16H27NO2/c1-5-17(13-16(2,3)18)12-8-10-14-9-6-7-11-15(14)19-4/h6-7,9,11,18H,5,8,10,12-13H2,1-4H3. The van der Waals surface area contributed by atoms with Crippen LogP contribution in [0.5, 0.6) is 5.75 Å². The molecule has 0 radical (unpaired) electrons. The van der Waals surface area contributed by atoms with E-state index in [1.807, 2.05) is 32.0 Å². The number of rotatable bonds is 8. The van der Waals surface area contributed by atoms with Gasteiger partial charge in [0.15, 0.2) is 0 Å². The van der Waals surface area contributed by atoms with Crippen molar-refractivity contribution in [1.82, 2.24) is 4.90 Å². The lowest BCUT2D eigenvalue weighted by Gasteiger charge is -2.27. The van der Waals surface area contributed by atoms with Gasteiger partial charge in [0.25, 0.3) is 0 Å². The van der Waals surface area contributed by atoms with Crippen molar-refractivity contribution < 1.29 is 9.84 Å². The maximum absolute atomic E-state index is 9.86. The highest BCUT2D eigenvalue weighted by atomic mass is 16.5. The molecular formula is C16H27NO2. The molecule has 108 valence electrons. The van der Waals surface area contributed by atoms with Gasteiger partial charge < -0.3 is 14.7 Å². The molecule has 0 saturated carbocycles. The first-order valence-corrected chi connectivity index (χ1v) is 7.03. The van der Waals surface area contributed by atoms with E-state index in [0.717, 1.165) is 38.2 Å². The van der Waals surface area contributed by atoms with Gasteiger partial charge in [0, 0.05) is 6.54 Å². The quantitative estimate of drug-likeness (QED) is 0.784. The van der Waals surface area contributed by atoms with Crippen LogP contribution in [0.25, 0.3) is 0 Å². The van der Waals surface area contributed by atoms with Crippen molar-refractivity contribution >= 4 is 0 Å². The molecule has 3 nitrogen and oxygen atoms in total. The average Bonchev–Trinajstić information content (AvgIpc) is 2.36. The highest BCUT2D eigenvalue weighted by Crippen LogP contribution is 2.19. The predicted molar refractivity (Wildman–Crippen MR) is 79.7 cm³/mol. The van der Waals surface area contributed by atoms with Crippen LogP contribution in [0.1, 0.15) is 32.8 Å². The largest absolute Gasteiger partial charge is 0.496 e. The van der Waals surface area contributed by atoms with Gasteiger partial charge in [-0.15, -0.1) is 0 Å². The second kappa shape index (κ2) is 7.51. The van der Waals surface area contributed by atoms with Gasteiger partial charge in [-0.05, 0) is 51.4 Å². The molecule has 0 spiro atoms. The van der Waals surface area contributed by atoms with E-state index in [-0.39, 0.29) is 0 Å². The van der Waals surface area contributed by atoms with Crippen LogP contribution < -0.4 is 4.74 Å². The van der Waals surface area contributed by atoms with E-state index in [1.165, 1.54) is 5.56 Å². The number of hydrogen-bond acceptors (Lipinski definition) is 3. The number of benzene rings is 1. The molecule has 1 aromatic rings. The van der Waals surface area contributed by atoms with Crippen LogP contribution in [0.3, 0.4) is 0 Å². The first-order chi connectivity index (χ1) is 8.96. The minimum absolute atomic E-state index is 0.625. The van der Waals surface area contributed by atoms with E-state index in [0.29, 0.717) is 0 Å². The molecule has 0 fully saturated rings. The Morgan fingerprint density at radius 2 is 1.95 bits per heavy atom. The SMILES string of the molecule is CCN(CCCc1ccccc1OC)CC(C)(C)O. The fraction of sp³-hybridized carbons (Fsp3) is 0.625. The molecular weight excluding hydrogens is 238 g/mol. The topological polar surface area (TPSA) is 32.7 Å². The van der Waals surface area contributed by atoms with Gasteiger partial charge in [0.2, 0.25) is 0 Å². The normalized spacial score (nSPS) is 11.9. The third kappa shape index (κ3) is 6.08. The third-order valence-corrected chi connectivity index (χ3v) is 3.17. The smallest absolute Gasteiger partial charge is 0.122 e. The lowest BCUT2D eigenvalue weighted by atomic mass is 10.1. The molecule has 0 aliphatic heterocycles. The van der Waals surface area contributed by atoms with Gasteiger partial charge in [-0.2, -0.15) is 0 Å². The van der Waals surface area contributed by atoms with Crippen molar-refractivity contribution in [3.63, 3.8) is 0 Å². The number of para-hydroxylation sites is 1. The number of nitrogens with zero attached hydrogens (tertiary/aromatic N) is 1. The minimum atomic E-state index is -0.625. The van der Waals surface area contributed by atoms with Crippen LogP contribution in [-0.2, 0) is 6.42 Å². The Morgan fingerprint density at radius 1 is 1.26 bits per heavy atom. The zero-order valence-corrected chi connectivity index (χ0v) is 12.6. The molecule has 0 atom stereocenters. The zero-order valence-electron chi connectivity index (χ0n) is 12.6. The highest BCUT2D eigenvalue weighted by molar-refractivity contribution is 5.33. The Kier molecular flexibility index (Phi) is 6.32. The van der Waals surface area contributed by atoms with Crippen molar-refractivity contribution in [2.45, 2.75) is 39.2 Å². The summed E-state index contributed by atoms with van der Waals surface area (Å²) in [5, 5.41) is 9.86. The highest BCUT2D eigenvalue weighted by Gasteiger charge is 2.16. The molecule has 0 amide bonds. The summed E-state index contributed by atoms with van der Waals surface area (Å²) in [7, 11) is 1.71. The third-order valence-electron chi connectivity index (χ3n) is 3.17. The maximum Gasteiger partial charge on any atom is 0.122 e. The van der Waals surface area contributed by atoms with Gasteiger partial charge in [0.05, 0.1) is 12.7 Å². The van der Waals surface area contributed by atoms with E-state index in [1.54, 1.807) is 7.11 Å². The predicted octanol–water partition coefficient (Wildman–Crippen LogP) is 2.72. The van der Waals surface area contributed by atoms with Crippen molar-refractivity contribution in [1.29, 1.82) is 0 Å². The van der Waals surface area contributed by atoms with Gasteiger partial charge >= 0.3 is 0 Å². The minimum Gasteiger partial charge on any atom is -0.496 e. The van der Waals surface area contributed by atoms with Crippen LogP contribution in [0.15, 0.2) is 24.3 Å². The molecule has 19 heavy (non-hydrogen) atoms. The fourth-order valence-corrected chi connectivity index (χ4v) is 2.30. The van der Waals surface area contributed by atoms with Crippen LogP contribution in [0, 0.1) is 0 Å². The van der Waals surface area contributed by atoms with E-state index >= 15 is 0 Å². The summed E-state index contributed by atoms with van der Waals surface area (Å²) >= 11 is 0. The van der Waals surface area contributed by atoms with Crippen molar-refractivity contribution in [2.75, 3.05) is 26.7 Å². The number of ether oxygens (including phenoxy) is 1. The van der Waals surface area contributed by atoms with Gasteiger partial charge in [0.1, 0.15) is 5.75 Å². The number of methoxy groups -OCH3 is 1. The van der Waals surface area contributed by atoms with E-state index in [9.17, 15) is 5.11 Å². The van der Waals surface area contributed by atoms with Crippen molar-refractivity contribution in [2.24, 2.45) is 0 Å². The molecule has 1 aromatic carbocycles. The Hall–Kier alpha value is -1.06. The van der Waals surface area contributed by atoms with Crippen molar-refractivity contribution in [3.8, 4) is 5.75 Å². The molecule has 0 heterocycles. The number of aryl methyl sites for hydroxylation is 1. The van der Waals surface area contributed by atoms with E-state index < -0.39 is 5.60 Å². The maximum atomic E-state index is 9.86. The van der Waals surface area contributed by atoms with Gasteiger partial charge in [-0.1, -0.05) is 25.1 Å². The molecule has 1 N–H and O–H groups in total. The second-order valence-corrected chi connectivity index (χ2v) is 5.60. The first-order valence-electron chi connectivity index (χ1n) is 7.03. The molecule has 0 unspecified atom stereocenters. The van der Waals surface area contributed by atoms with Crippen LogP contribution >= 0.6 is 0 Å². The summed E-state index contributed by atoms with van der Waals surface area (Å²) < 4.78 is 5.36. The molecule has 0 saturated heterocycles. The molecule has 0 aliphatic rings. The lowest BCUT2D eigenvalue weighted by molar-refractivity contribution is 0.0376. The summed E-state index contributed by atoms with van der Waals surface area (Å²) in [6, 6.07) is 8.16. The Balaban J connectivity index is 2.44. The molecule has 0 bridgehead atoms. The number of hydrogen-bond donors (Lipinski definition) is 1. The average molecular weight is 265 g/mol. The van der Waals surface area contributed by atoms with Gasteiger partial charge in [-0.3, -0.25) is 0 Å². The number of aliphatic hydroxyl groups is 1. The molecule has 3 heteroatoms. The van der Waals surface area contributed by atoms with E-state index in [4.69, 9.17) is 4.74 Å². The summed E-state index contributed by atoms with van der Waals surface area (Å²) in [6.07, 6.45) is 2.08. The number of likely N-dealkylation sites (N-methyl/N-ethyl adjacent to an activating group) is 1. The fourth-order valence-electron chi connectivity index (χ4n) is 2.30. The summed E-state index contributed by atoms with van der Waals surface area (Å²) in [6.45, 7) is 8.53. The molecule has 0 aliphatic carbocycles. The van der Waals surface area contributed by atoms with Crippen LogP contribution in [0.2, 0.25) is 0 Å². The second-order valence-electron chi connectivity index (χ2n) is 5.60. The van der Waals surface area contributed by atoms with Crippen LogP contribution in [0.4, 0.5) is 0 Å². The summed E-state index contributed by atoms with van der Waals surface area (Å²) in [5.74, 6) is 0.966. The Labute approximate surface area is 117 Å². The van der Waals surface area contributed by atoms with Gasteiger partial charge in [-0.25, -0.2) is 0 Å². The molecule has 1 rings (SSSR count). The molecule has 0 aromatic heterocycles. The van der Waals surface area contributed by atoms with Crippen LogP contribution in [-0.4, -0.2) is 42.4 Å². The Morgan fingerprint density at radius 3 is 2.53 bits per heavy atom.